The zero-order valence-corrected chi connectivity index (χ0v) is 13.2. The zero-order valence-electron chi connectivity index (χ0n) is 11.6. The molecule has 0 spiro atoms. The molecule has 0 radical (unpaired) electrons. The lowest BCUT2D eigenvalue weighted by atomic mass is 9.95. The molecule has 1 aliphatic heterocycles. The number of hydrogen-bond acceptors (Lipinski definition) is 3. The lowest BCUT2D eigenvalue weighted by Crippen LogP contribution is -2.62. The maximum atomic E-state index is 12.4. The molecule has 0 bridgehead atoms. The van der Waals surface area contributed by atoms with Gasteiger partial charge in [0.15, 0.2) is 0 Å². The van der Waals surface area contributed by atoms with Crippen LogP contribution in [0.15, 0.2) is 22.7 Å². The Bertz CT molecular complexity index is 501. The molecule has 0 atom stereocenters. The third-order valence-corrected chi connectivity index (χ3v) is 4.54. The highest BCUT2D eigenvalue weighted by atomic mass is 79.9. The first-order chi connectivity index (χ1) is 8.89. The maximum absolute atomic E-state index is 12.4. The molecule has 2 N–H and O–H groups in total. The Morgan fingerprint density at radius 3 is 2.68 bits per heavy atom. The van der Waals surface area contributed by atoms with Gasteiger partial charge in [0.05, 0.1) is 0 Å². The van der Waals surface area contributed by atoms with Gasteiger partial charge in [0.2, 0.25) is 5.91 Å². The Kier molecular flexibility index (Phi) is 3.87. The van der Waals surface area contributed by atoms with E-state index in [4.69, 9.17) is 5.73 Å². The third-order valence-electron chi connectivity index (χ3n) is 3.79. The predicted molar refractivity (Wildman–Crippen MR) is 81.1 cm³/mol. The number of benzene rings is 1. The van der Waals surface area contributed by atoms with Crippen LogP contribution >= 0.6 is 15.9 Å². The summed E-state index contributed by atoms with van der Waals surface area (Å²) in [5, 5.41) is 0. The molecule has 1 aliphatic rings. The number of carbonyl (C=O) groups excluding carboxylic acids is 1. The lowest BCUT2D eigenvalue weighted by molar-refractivity contribution is -0.136. The molecule has 4 nitrogen and oxygen atoms in total. The standard InChI is InChI=1S/C14H20BrN3O/c1-14(2)13(19)17(3)7-8-18(14)12-6-4-5-11(15)10(12)9-16/h4-6H,7-9,16H2,1-3H3. The smallest absolute Gasteiger partial charge is 0.247 e. The molecular formula is C14H20BrN3O. The highest BCUT2D eigenvalue weighted by molar-refractivity contribution is 9.10. The first-order valence-corrected chi connectivity index (χ1v) is 7.19. The highest BCUT2D eigenvalue weighted by Gasteiger charge is 2.41. The average molecular weight is 326 g/mol. The van der Waals surface area contributed by atoms with Crippen molar-refractivity contribution in [2.75, 3.05) is 25.0 Å². The van der Waals surface area contributed by atoms with E-state index in [1.54, 1.807) is 4.90 Å². The number of piperazine rings is 1. The van der Waals surface area contributed by atoms with Crippen molar-refractivity contribution in [2.45, 2.75) is 25.9 Å². The second-order valence-electron chi connectivity index (χ2n) is 5.38. The summed E-state index contributed by atoms with van der Waals surface area (Å²) in [6, 6.07) is 6.00. The van der Waals surface area contributed by atoms with Gasteiger partial charge < -0.3 is 15.5 Å². The number of nitrogens with two attached hydrogens (primary N) is 1. The minimum Gasteiger partial charge on any atom is -0.355 e. The Balaban J connectivity index is 2.47. The summed E-state index contributed by atoms with van der Waals surface area (Å²) in [6.07, 6.45) is 0. The average Bonchev–Trinajstić information content (AvgIpc) is 2.36. The molecule has 1 amide bonds. The van der Waals surface area contributed by atoms with Crippen LogP contribution in [0.1, 0.15) is 19.4 Å². The Hall–Kier alpha value is -1.07. The van der Waals surface area contributed by atoms with Gasteiger partial charge in [-0.15, -0.1) is 0 Å². The fraction of sp³-hybridized carbons (Fsp3) is 0.500. The SMILES string of the molecule is CN1CCN(c2cccc(Br)c2CN)C(C)(C)C1=O. The van der Waals surface area contributed by atoms with Gasteiger partial charge in [0.25, 0.3) is 0 Å². The van der Waals surface area contributed by atoms with Crippen LogP contribution in [-0.4, -0.2) is 36.5 Å². The summed E-state index contributed by atoms with van der Waals surface area (Å²) in [6.45, 7) is 5.93. The van der Waals surface area contributed by atoms with Gasteiger partial charge in [-0.3, -0.25) is 4.79 Å². The van der Waals surface area contributed by atoms with Crippen LogP contribution in [0.3, 0.4) is 0 Å². The van der Waals surface area contributed by atoms with Crippen molar-refractivity contribution in [1.82, 2.24) is 4.90 Å². The Labute approximate surface area is 122 Å². The van der Waals surface area contributed by atoms with Crippen LogP contribution < -0.4 is 10.6 Å². The number of anilines is 1. The van der Waals surface area contributed by atoms with E-state index in [2.05, 4.69) is 20.8 Å². The summed E-state index contributed by atoms with van der Waals surface area (Å²) in [5.41, 5.74) is 7.41. The number of carbonyl (C=O) groups is 1. The molecule has 1 fully saturated rings. The van der Waals surface area contributed by atoms with Gasteiger partial charge in [-0.25, -0.2) is 0 Å². The first kappa shape index (κ1) is 14.3. The fourth-order valence-corrected chi connectivity index (χ4v) is 3.15. The van der Waals surface area contributed by atoms with Crippen LogP contribution in [0, 0.1) is 0 Å². The van der Waals surface area contributed by atoms with Crippen molar-refractivity contribution in [2.24, 2.45) is 5.73 Å². The molecule has 0 aliphatic carbocycles. The summed E-state index contributed by atoms with van der Waals surface area (Å²) >= 11 is 3.54. The number of hydrogen-bond donors (Lipinski definition) is 1. The third kappa shape index (κ3) is 2.37. The molecule has 0 unspecified atom stereocenters. The number of likely N-dealkylation sites (N-methyl/N-ethyl adjacent to an activating group) is 1. The number of amides is 1. The minimum absolute atomic E-state index is 0.140. The van der Waals surface area contributed by atoms with Crippen molar-refractivity contribution in [3.05, 3.63) is 28.2 Å². The molecule has 1 saturated heterocycles. The quantitative estimate of drug-likeness (QED) is 0.904. The van der Waals surface area contributed by atoms with Crippen LogP contribution in [0.25, 0.3) is 0 Å². The van der Waals surface area contributed by atoms with Gasteiger partial charge in [0.1, 0.15) is 5.54 Å². The van der Waals surface area contributed by atoms with E-state index in [0.29, 0.717) is 6.54 Å². The maximum Gasteiger partial charge on any atom is 0.247 e. The molecule has 2 rings (SSSR count). The minimum atomic E-state index is -0.544. The monoisotopic (exact) mass is 325 g/mol. The lowest BCUT2D eigenvalue weighted by Gasteiger charge is -2.46. The van der Waals surface area contributed by atoms with Crippen molar-refractivity contribution in [3.8, 4) is 0 Å². The van der Waals surface area contributed by atoms with Crippen molar-refractivity contribution >= 4 is 27.5 Å². The molecule has 0 aromatic heterocycles. The zero-order chi connectivity index (χ0) is 14.2. The normalized spacial score (nSPS) is 18.9. The Morgan fingerprint density at radius 1 is 1.37 bits per heavy atom. The molecule has 19 heavy (non-hydrogen) atoms. The molecule has 5 heteroatoms. The van der Waals surface area contributed by atoms with Crippen molar-refractivity contribution < 1.29 is 4.79 Å². The van der Waals surface area contributed by atoms with E-state index in [9.17, 15) is 4.79 Å². The van der Waals surface area contributed by atoms with Gasteiger partial charge in [-0.2, -0.15) is 0 Å². The van der Waals surface area contributed by atoms with Crippen LogP contribution in [0.4, 0.5) is 5.69 Å². The first-order valence-electron chi connectivity index (χ1n) is 6.40. The van der Waals surface area contributed by atoms with Crippen LogP contribution in [0.5, 0.6) is 0 Å². The largest absolute Gasteiger partial charge is 0.355 e. The van der Waals surface area contributed by atoms with E-state index < -0.39 is 5.54 Å². The Morgan fingerprint density at radius 2 is 2.05 bits per heavy atom. The molecule has 104 valence electrons. The topological polar surface area (TPSA) is 49.6 Å². The van der Waals surface area contributed by atoms with E-state index in [1.807, 2.05) is 39.1 Å². The van der Waals surface area contributed by atoms with Crippen molar-refractivity contribution in [1.29, 1.82) is 0 Å². The predicted octanol–water partition coefficient (Wildman–Crippen LogP) is 1.96. The fourth-order valence-electron chi connectivity index (χ4n) is 2.64. The number of nitrogens with zero attached hydrogens (tertiary/aromatic N) is 2. The highest BCUT2D eigenvalue weighted by Crippen LogP contribution is 2.34. The summed E-state index contributed by atoms with van der Waals surface area (Å²) < 4.78 is 0.995. The molecule has 1 heterocycles. The van der Waals surface area contributed by atoms with E-state index >= 15 is 0 Å². The molecule has 1 aromatic rings. The summed E-state index contributed by atoms with van der Waals surface area (Å²) in [4.78, 5) is 16.3. The van der Waals surface area contributed by atoms with Gasteiger partial charge in [0, 0.05) is 42.4 Å². The number of halogens is 1. The summed E-state index contributed by atoms with van der Waals surface area (Å²) in [5.74, 6) is 0.140. The molecule has 1 aromatic carbocycles. The van der Waals surface area contributed by atoms with E-state index in [1.165, 1.54) is 0 Å². The second-order valence-corrected chi connectivity index (χ2v) is 6.23. The number of rotatable bonds is 2. The van der Waals surface area contributed by atoms with Crippen LogP contribution in [-0.2, 0) is 11.3 Å². The van der Waals surface area contributed by atoms with Gasteiger partial charge in [-0.05, 0) is 26.0 Å². The molecular weight excluding hydrogens is 306 g/mol. The van der Waals surface area contributed by atoms with E-state index in [-0.39, 0.29) is 5.91 Å². The van der Waals surface area contributed by atoms with Gasteiger partial charge >= 0.3 is 0 Å². The van der Waals surface area contributed by atoms with E-state index in [0.717, 1.165) is 28.8 Å². The second kappa shape index (κ2) is 5.13. The summed E-state index contributed by atoms with van der Waals surface area (Å²) in [7, 11) is 1.85. The van der Waals surface area contributed by atoms with Gasteiger partial charge in [-0.1, -0.05) is 22.0 Å². The molecule has 0 saturated carbocycles. The van der Waals surface area contributed by atoms with Crippen LogP contribution in [0.2, 0.25) is 0 Å². The van der Waals surface area contributed by atoms with Crippen molar-refractivity contribution in [3.63, 3.8) is 0 Å².